The lowest BCUT2D eigenvalue weighted by Crippen LogP contribution is -2.57. The molecule has 0 aliphatic carbocycles. The van der Waals surface area contributed by atoms with Gasteiger partial charge in [-0.2, -0.15) is 0 Å². The molecule has 5 nitrogen and oxygen atoms in total. The van der Waals surface area contributed by atoms with Crippen molar-refractivity contribution in [2.24, 2.45) is 5.73 Å². The zero-order chi connectivity index (χ0) is 13.0. The number of carbonyl (C=O) groups excluding carboxylic acids is 1. The summed E-state index contributed by atoms with van der Waals surface area (Å²) in [6.45, 7) is 2.51. The molecule has 5 heteroatoms. The molecule has 2 atom stereocenters. The number of nitrogens with zero attached hydrogens (tertiary/aromatic N) is 1. The number of nitrogens with one attached hydrogen (secondary N) is 1. The maximum atomic E-state index is 11.3. The zero-order valence-electron chi connectivity index (χ0n) is 10.2. The molecule has 2 rings (SSSR count). The molecule has 1 aromatic carbocycles. The Morgan fingerprint density at radius 2 is 2.22 bits per heavy atom. The van der Waals surface area contributed by atoms with Crippen molar-refractivity contribution in [3.63, 3.8) is 0 Å². The van der Waals surface area contributed by atoms with Crippen LogP contribution in [0.1, 0.15) is 11.7 Å². The van der Waals surface area contributed by atoms with E-state index < -0.39 is 6.10 Å². The van der Waals surface area contributed by atoms with Gasteiger partial charge in [-0.05, 0) is 5.56 Å². The van der Waals surface area contributed by atoms with E-state index in [-0.39, 0.29) is 11.9 Å². The van der Waals surface area contributed by atoms with E-state index in [2.05, 4.69) is 5.32 Å². The predicted octanol–water partition coefficient (Wildman–Crippen LogP) is -0.521. The molecule has 1 amide bonds. The van der Waals surface area contributed by atoms with Crippen molar-refractivity contribution in [1.29, 1.82) is 0 Å². The van der Waals surface area contributed by atoms with Crippen LogP contribution in [0.15, 0.2) is 30.3 Å². The molecule has 1 saturated heterocycles. The number of hydrogen-bond donors (Lipinski definition) is 3. The van der Waals surface area contributed by atoms with Crippen LogP contribution in [-0.4, -0.2) is 48.1 Å². The summed E-state index contributed by atoms with van der Waals surface area (Å²) in [6.07, 6.45) is -0.592. The maximum Gasteiger partial charge on any atom is 0.236 e. The highest BCUT2D eigenvalue weighted by atomic mass is 16.3. The lowest BCUT2D eigenvalue weighted by molar-refractivity contribution is -0.124. The Morgan fingerprint density at radius 3 is 2.89 bits per heavy atom. The molecule has 1 aliphatic rings. The van der Waals surface area contributed by atoms with E-state index in [1.807, 2.05) is 35.2 Å². The van der Waals surface area contributed by atoms with E-state index in [9.17, 15) is 9.90 Å². The molecular formula is C13H19N3O2. The van der Waals surface area contributed by atoms with Gasteiger partial charge < -0.3 is 16.2 Å². The second kappa shape index (κ2) is 5.95. The highest BCUT2D eigenvalue weighted by Gasteiger charge is 2.28. The van der Waals surface area contributed by atoms with Crippen LogP contribution in [0.4, 0.5) is 0 Å². The van der Waals surface area contributed by atoms with Crippen molar-refractivity contribution < 1.29 is 9.90 Å². The number of aliphatic hydroxyl groups excluding tert-OH is 1. The third-order valence-electron chi connectivity index (χ3n) is 3.27. The Kier molecular flexibility index (Phi) is 4.30. The fraction of sp³-hybridized carbons (Fsp3) is 0.462. The Hall–Kier alpha value is -1.43. The Labute approximate surface area is 107 Å². The summed E-state index contributed by atoms with van der Waals surface area (Å²) in [7, 11) is 0. The van der Waals surface area contributed by atoms with Crippen molar-refractivity contribution >= 4 is 5.91 Å². The molecular weight excluding hydrogens is 230 g/mol. The maximum absolute atomic E-state index is 11.3. The number of benzene rings is 1. The van der Waals surface area contributed by atoms with Gasteiger partial charge in [0.1, 0.15) is 6.04 Å². The monoisotopic (exact) mass is 249 g/mol. The molecule has 4 N–H and O–H groups in total. The van der Waals surface area contributed by atoms with E-state index in [0.717, 1.165) is 18.7 Å². The van der Waals surface area contributed by atoms with Gasteiger partial charge in [-0.25, -0.2) is 0 Å². The molecule has 0 bridgehead atoms. The van der Waals surface area contributed by atoms with Crippen molar-refractivity contribution in [2.75, 3.05) is 26.2 Å². The molecule has 0 saturated carbocycles. The molecule has 0 aromatic heterocycles. The SMILES string of the molecule is NC(=O)C1CNCCN1CC(O)c1ccccc1. The van der Waals surface area contributed by atoms with E-state index in [1.165, 1.54) is 0 Å². The first-order chi connectivity index (χ1) is 8.68. The van der Waals surface area contributed by atoms with Crippen LogP contribution in [-0.2, 0) is 4.79 Å². The summed E-state index contributed by atoms with van der Waals surface area (Å²) >= 11 is 0. The van der Waals surface area contributed by atoms with Gasteiger partial charge >= 0.3 is 0 Å². The van der Waals surface area contributed by atoms with Crippen LogP contribution >= 0.6 is 0 Å². The quantitative estimate of drug-likeness (QED) is 0.671. The lowest BCUT2D eigenvalue weighted by atomic mass is 10.1. The average molecular weight is 249 g/mol. The molecule has 0 radical (unpaired) electrons. The van der Waals surface area contributed by atoms with Crippen LogP contribution in [0.2, 0.25) is 0 Å². The van der Waals surface area contributed by atoms with E-state index in [0.29, 0.717) is 13.1 Å². The summed E-state index contributed by atoms with van der Waals surface area (Å²) in [4.78, 5) is 13.3. The summed E-state index contributed by atoms with van der Waals surface area (Å²) in [5, 5.41) is 13.3. The minimum absolute atomic E-state index is 0.336. The number of nitrogens with two attached hydrogens (primary N) is 1. The molecule has 1 heterocycles. The fourth-order valence-corrected chi connectivity index (χ4v) is 2.25. The first kappa shape index (κ1) is 13.0. The number of amides is 1. The molecule has 1 aliphatic heterocycles. The number of β-amino-alcohol motifs (C(OH)–C–C–N with tert-alkyl or cyclic N) is 1. The van der Waals surface area contributed by atoms with E-state index in [1.54, 1.807) is 0 Å². The van der Waals surface area contributed by atoms with Crippen LogP contribution in [0.3, 0.4) is 0 Å². The van der Waals surface area contributed by atoms with Crippen LogP contribution in [0.25, 0.3) is 0 Å². The van der Waals surface area contributed by atoms with Crippen LogP contribution in [0, 0.1) is 0 Å². The molecule has 1 fully saturated rings. The highest BCUT2D eigenvalue weighted by molar-refractivity contribution is 5.80. The van der Waals surface area contributed by atoms with Crippen molar-refractivity contribution in [3.05, 3.63) is 35.9 Å². The number of hydrogen-bond acceptors (Lipinski definition) is 4. The van der Waals surface area contributed by atoms with Gasteiger partial charge in [0, 0.05) is 26.2 Å². The second-order valence-electron chi connectivity index (χ2n) is 4.54. The number of rotatable bonds is 4. The standard InChI is InChI=1S/C13H19N3O2/c14-13(18)11-8-15-6-7-16(11)9-12(17)10-4-2-1-3-5-10/h1-5,11-12,15,17H,6-9H2,(H2,14,18). The largest absolute Gasteiger partial charge is 0.387 e. The second-order valence-corrected chi connectivity index (χ2v) is 4.54. The van der Waals surface area contributed by atoms with Crippen molar-refractivity contribution in [1.82, 2.24) is 10.2 Å². The summed E-state index contributed by atoms with van der Waals surface area (Å²) in [5.74, 6) is -0.345. The molecule has 18 heavy (non-hydrogen) atoms. The fourth-order valence-electron chi connectivity index (χ4n) is 2.25. The minimum atomic E-state index is -0.592. The minimum Gasteiger partial charge on any atom is -0.387 e. The normalized spacial score (nSPS) is 22.6. The Bertz CT molecular complexity index is 396. The van der Waals surface area contributed by atoms with Crippen molar-refractivity contribution in [2.45, 2.75) is 12.1 Å². The summed E-state index contributed by atoms with van der Waals surface area (Å²) in [6, 6.07) is 9.12. The summed E-state index contributed by atoms with van der Waals surface area (Å²) < 4.78 is 0. The van der Waals surface area contributed by atoms with E-state index in [4.69, 9.17) is 5.73 Å². The van der Waals surface area contributed by atoms with Gasteiger partial charge in [0.05, 0.1) is 6.10 Å². The molecule has 1 aromatic rings. The Morgan fingerprint density at radius 1 is 1.50 bits per heavy atom. The topological polar surface area (TPSA) is 78.6 Å². The number of piperazine rings is 1. The van der Waals surface area contributed by atoms with Gasteiger partial charge in [-0.15, -0.1) is 0 Å². The first-order valence-corrected chi connectivity index (χ1v) is 6.15. The van der Waals surface area contributed by atoms with Gasteiger partial charge in [0.2, 0.25) is 5.91 Å². The average Bonchev–Trinajstić information content (AvgIpc) is 2.40. The number of aliphatic hydroxyl groups is 1. The highest BCUT2D eigenvalue weighted by Crippen LogP contribution is 2.15. The van der Waals surface area contributed by atoms with Gasteiger partial charge in [-0.1, -0.05) is 30.3 Å². The van der Waals surface area contributed by atoms with E-state index >= 15 is 0 Å². The first-order valence-electron chi connectivity index (χ1n) is 6.15. The van der Waals surface area contributed by atoms with Gasteiger partial charge in [0.15, 0.2) is 0 Å². The molecule has 0 spiro atoms. The van der Waals surface area contributed by atoms with Crippen LogP contribution in [0.5, 0.6) is 0 Å². The van der Waals surface area contributed by atoms with Crippen LogP contribution < -0.4 is 11.1 Å². The van der Waals surface area contributed by atoms with Crippen molar-refractivity contribution in [3.8, 4) is 0 Å². The smallest absolute Gasteiger partial charge is 0.236 e. The van der Waals surface area contributed by atoms with Gasteiger partial charge in [0.25, 0.3) is 0 Å². The van der Waals surface area contributed by atoms with Gasteiger partial charge in [-0.3, -0.25) is 9.69 Å². The summed E-state index contributed by atoms with van der Waals surface area (Å²) in [5.41, 5.74) is 6.23. The predicted molar refractivity (Wildman–Crippen MR) is 68.8 cm³/mol. The molecule has 2 unspecified atom stereocenters. The molecule has 98 valence electrons. The number of carbonyl (C=O) groups is 1. The number of primary amides is 1. The lowest BCUT2D eigenvalue weighted by Gasteiger charge is -2.35. The Balaban J connectivity index is 2.01. The third kappa shape index (κ3) is 3.07. The zero-order valence-corrected chi connectivity index (χ0v) is 10.2. The third-order valence-corrected chi connectivity index (χ3v) is 3.27.